The van der Waals surface area contributed by atoms with Crippen LogP contribution in [0.5, 0.6) is 0 Å². The summed E-state index contributed by atoms with van der Waals surface area (Å²) in [6.45, 7) is -0.0437. The lowest BCUT2D eigenvalue weighted by Gasteiger charge is -2.13. The van der Waals surface area contributed by atoms with Gasteiger partial charge in [0.1, 0.15) is 4.21 Å². The molecule has 1 heterocycles. The fourth-order valence-corrected chi connectivity index (χ4v) is 3.65. The Kier molecular flexibility index (Phi) is 4.03. The summed E-state index contributed by atoms with van der Waals surface area (Å²) in [6, 6.07) is 3.12. The molecule has 0 fully saturated rings. The first-order valence-electron chi connectivity index (χ1n) is 4.41. The van der Waals surface area contributed by atoms with Gasteiger partial charge in [0.15, 0.2) is 0 Å². The van der Waals surface area contributed by atoms with Crippen LogP contribution >= 0.6 is 11.3 Å². The van der Waals surface area contributed by atoms with Crippen molar-refractivity contribution < 1.29 is 13.2 Å². The number of primary amides is 1. The molecule has 0 radical (unpaired) electrons. The molecule has 1 rings (SSSR count). The summed E-state index contributed by atoms with van der Waals surface area (Å²) >= 11 is 1.09. The number of rotatable bonds is 5. The van der Waals surface area contributed by atoms with E-state index in [1.807, 2.05) is 0 Å². The fraction of sp³-hybridized carbons (Fsp3) is 0.375. The van der Waals surface area contributed by atoms with E-state index in [2.05, 4.69) is 0 Å². The van der Waals surface area contributed by atoms with Gasteiger partial charge in [0.2, 0.25) is 5.91 Å². The number of likely N-dealkylation sites (N-methyl/N-ethyl adjacent to an activating group) is 1. The number of carbonyl (C=O) groups excluding carboxylic acids is 1. The van der Waals surface area contributed by atoms with Crippen LogP contribution in [0.15, 0.2) is 16.3 Å². The van der Waals surface area contributed by atoms with Crippen LogP contribution in [0.3, 0.4) is 0 Å². The maximum absolute atomic E-state index is 11.9. The summed E-state index contributed by atoms with van der Waals surface area (Å²) in [6.07, 6.45) is 0. The van der Waals surface area contributed by atoms with Gasteiger partial charge in [-0.15, -0.1) is 11.3 Å². The zero-order chi connectivity index (χ0) is 12.3. The molecule has 0 aliphatic carbocycles. The molecule has 0 bridgehead atoms. The second-order valence-corrected chi connectivity index (χ2v) is 6.59. The lowest BCUT2D eigenvalue weighted by atomic mass is 10.5. The second-order valence-electron chi connectivity index (χ2n) is 3.15. The van der Waals surface area contributed by atoms with Crippen LogP contribution in [0.4, 0.5) is 0 Å². The van der Waals surface area contributed by atoms with Crippen LogP contribution < -0.4 is 11.5 Å². The van der Waals surface area contributed by atoms with E-state index in [1.165, 1.54) is 13.1 Å². The van der Waals surface area contributed by atoms with Crippen molar-refractivity contribution in [1.82, 2.24) is 4.31 Å². The number of hydrogen-bond acceptors (Lipinski definition) is 5. The molecule has 0 aliphatic heterocycles. The van der Waals surface area contributed by atoms with Crippen LogP contribution in [0.25, 0.3) is 0 Å². The third-order valence-electron chi connectivity index (χ3n) is 1.88. The zero-order valence-electron chi connectivity index (χ0n) is 8.71. The Morgan fingerprint density at radius 3 is 2.56 bits per heavy atom. The van der Waals surface area contributed by atoms with Crippen molar-refractivity contribution in [2.24, 2.45) is 11.5 Å². The van der Waals surface area contributed by atoms with Gasteiger partial charge in [-0.2, -0.15) is 4.31 Å². The topological polar surface area (TPSA) is 106 Å². The smallest absolute Gasteiger partial charge is 0.252 e. The molecule has 0 spiro atoms. The minimum Gasteiger partial charge on any atom is -0.369 e. The van der Waals surface area contributed by atoms with Crippen LogP contribution in [0.1, 0.15) is 4.88 Å². The molecular formula is C8H13N3O3S2. The molecule has 0 saturated carbocycles. The highest BCUT2D eigenvalue weighted by atomic mass is 32.2. The number of hydrogen-bond donors (Lipinski definition) is 2. The Morgan fingerprint density at radius 1 is 1.50 bits per heavy atom. The van der Waals surface area contributed by atoms with Crippen molar-refractivity contribution in [3.63, 3.8) is 0 Å². The van der Waals surface area contributed by atoms with Crippen LogP contribution in [0.2, 0.25) is 0 Å². The molecule has 1 aromatic heterocycles. The first kappa shape index (κ1) is 13.1. The highest BCUT2D eigenvalue weighted by molar-refractivity contribution is 7.91. The van der Waals surface area contributed by atoms with E-state index in [0.29, 0.717) is 6.54 Å². The lowest BCUT2D eigenvalue weighted by molar-refractivity contribution is -0.118. The molecule has 4 N–H and O–H groups in total. The zero-order valence-corrected chi connectivity index (χ0v) is 10.3. The Labute approximate surface area is 97.9 Å². The van der Waals surface area contributed by atoms with Crippen molar-refractivity contribution in [2.75, 3.05) is 13.6 Å². The number of thiophene rings is 1. The minimum atomic E-state index is -3.63. The Hall–Kier alpha value is -0.960. The Bertz CT molecular complexity index is 480. The third kappa shape index (κ3) is 2.79. The first-order valence-corrected chi connectivity index (χ1v) is 6.67. The monoisotopic (exact) mass is 263 g/mol. The van der Waals surface area contributed by atoms with Crippen LogP contribution in [-0.4, -0.2) is 32.2 Å². The average molecular weight is 263 g/mol. The Balaban J connectivity index is 2.97. The SMILES string of the molecule is CN(CC(N)=O)S(=O)(=O)c1ccc(CN)s1. The summed E-state index contributed by atoms with van der Waals surface area (Å²) in [5.41, 5.74) is 10.3. The van der Waals surface area contributed by atoms with E-state index in [9.17, 15) is 13.2 Å². The summed E-state index contributed by atoms with van der Waals surface area (Å²) in [7, 11) is -2.32. The van der Waals surface area contributed by atoms with Gasteiger partial charge in [-0.1, -0.05) is 0 Å². The van der Waals surface area contributed by atoms with Crippen molar-refractivity contribution in [3.8, 4) is 0 Å². The molecule has 16 heavy (non-hydrogen) atoms. The standard InChI is InChI=1S/C8H13N3O3S2/c1-11(5-7(10)12)16(13,14)8-3-2-6(4-9)15-8/h2-3H,4-5,9H2,1H3,(H2,10,12). The fourth-order valence-electron chi connectivity index (χ4n) is 1.06. The van der Waals surface area contributed by atoms with E-state index in [-0.39, 0.29) is 10.8 Å². The van der Waals surface area contributed by atoms with Gasteiger partial charge < -0.3 is 11.5 Å². The van der Waals surface area contributed by atoms with E-state index in [0.717, 1.165) is 20.5 Å². The third-order valence-corrected chi connectivity index (χ3v) is 5.26. The van der Waals surface area contributed by atoms with Crippen LogP contribution in [-0.2, 0) is 21.4 Å². The maximum Gasteiger partial charge on any atom is 0.252 e. The Morgan fingerprint density at radius 2 is 2.12 bits per heavy atom. The van der Waals surface area contributed by atoms with Gasteiger partial charge in [0.05, 0.1) is 6.54 Å². The average Bonchev–Trinajstić information content (AvgIpc) is 2.65. The predicted octanol–water partition coefficient (Wildman–Crippen LogP) is -0.687. The molecule has 0 aliphatic rings. The van der Waals surface area contributed by atoms with E-state index >= 15 is 0 Å². The highest BCUT2D eigenvalue weighted by Gasteiger charge is 2.23. The van der Waals surface area contributed by atoms with Gasteiger partial charge in [-0.3, -0.25) is 4.79 Å². The molecule has 90 valence electrons. The number of sulfonamides is 1. The second kappa shape index (κ2) is 4.91. The molecule has 1 aromatic rings. The van der Waals surface area contributed by atoms with Crippen molar-refractivity contribution in [1.29, 1.82) is 0 Å². The molecular weight excluding hydrogens is 250 g/mol. The molecule has 8 heteroatoms. The number of nitrogens with two attached hydrogens (primary N) is 2. The number of amides is 1. The molecule has 0 saturated heterocycles. The van der Waals surface area contributed by atoms with Gasteiger partial charge in [-0.25, -0.2) is 8.42 Å². The predicted molar refractivity (Wildman–Crippen MR) is 61.2 cm³/mol. The molecule has 1 amide bonds. The van der Waals surface area contributed by atoms with Gasteiger partial charge in [0, 0.05) is 18.5 Å². The van der Waals surface area contributed by atoms with Gasteiger partial charge >= 0.3 is 0 Å². The molecule has 0 aromatic carbocycles. The van der Waals surface area contributed by atoms with Gasteiger partial charge in [-0.05, 0) is 12.1 Å². The van der Waals surface area contributed by atoms with Crippen molar-refractivity contribution in [3.05, 3.63) is 17.0 Å². The number of carbonyl (C=O) groups is 1. The lowest BCUT2D eigenvalue weighted by Crippen LogP contribution is -2.34. The highest BCUT2D eigenvalue weighted by Crippen LogP contribution is 2.23. The summed E-state index contributed by atoms with van der Waals surface area (Å²) in [5.74, 6) is -0.693. The van der Waals surface area contributed by atoms with E-state index in [1.54, 1.807) is 6.07 Å². The molecule has 0 unspecified atom stereocenters. The quantitative estimate of drug-likeness (QED) is 0.733. The van der Waals surface area contributed by atoms with Crippen molar-refractivity contribution >= 4 is 27.3 Å². The summed E-state index contributed by atoms with van der Waals surface area (Å²) in [4.78, 5) is 11.4. The summed E-state index contributed by atoms with van der Waals surface area (Å²) in [5, 5.41) is 0. The van der Waals surface area contributed by atoms with Crippen molar-refractivity contribution in [2.45, 2.75) is 10.8 Å². The van der Waals surface area contributed by atoms with E-state index in [4.69, 9.17) is 11.5 Å². The van der Waals surface area contributed by atoms with E-state index < -0.39 is 15.9 Å². The maximum atomic E-state index is 11.9. The molecule has 0 atom stereocenters. The molecule has 6 nitrogen and oxygen atoms in total. The number of nitrogens with zero attached hydrogens (tertiary/aromatic N) is 1. The largest absolute Gasteiger partial charge is 0.369 e. The first-order chi connectivity index (χ1) is 7.37. The normalized spacial score (nSPS) is 11.9. The van der Waals surface area contributed by atoms with Crippen LogP contribution in [0, 0.1) is 0 Å². The van der Waals surface area contributed by atoms with Gasteiger partial charge in [0.25, 0.3) is 10.0 Å². The summed E-state index contributed by atoms with van der Waals surface area (Å²) < 4.78 is 24.9. The minimum absolute atomic E-state index is 0.164.